The lowest BCUT2D eigenvalue weighted by atomic mass is 9.52. The molecule has 1 aliphatic carbocycles. The van der Waals surface area contributed by atoms with E-state index in [0.29, 0.717) is 16.2 Å². The Labute approximate surface area is 122 Å². The molecule has 0 heteroatoms. The van der Waals surface area contributed by atoms with Crippen molar-refractivity contribution in [1.82, 2.24) is 0 Å². The standard InChI is InChI=1S/C19H37/c1-17(2,3)15-13-11-10-12-14(15)16(18(4,5)6)19(7,8)9/h14-15H,10-13H2,1-9H3. The van der Waals surface area contributed by atoms with E-state index in [-0.39, 0.29) is 0 Å². The van der Waals surface area contributed by atoms with E-state index in [9.17, 15) is 0 Å². The molecule has 0 aromatic rings. The molecule has 0 bridgehead atoms. The third kappa shape index (κ3) is 4.23. The van der Waals surface area contributed by atoms with Gasteiger partial charge in [0.15, 0.2) is 0 Å². The summed E-state index contributed by atoms with van der Waals surface area (Å²) in [6.07, 6.45) is 5.68. The van der Waals surface area contributed by atoms with Crippen LogP contribution in [0.15, 0.2) is 0 Å². The van der Waals surface area contributed by atoms with Gasteiger partial charge < -0.3 is 0 Å². The van der Waals surface area contributed by atoms with Crippen LogP contribution >= 0.6 is 0 Å². The average Bonchev–Trinajstić information content (AvgIpc) is 2.11. The average molecular weight is 266 g/mol. The Morgan fingerprint density at radius 3 is 1.47 bits per heavy atom. The SMILES string of the molecule is CC(C)(C)[C](C1CCCCC1C(C)(C)C)C(C)(C)C. The smallest absolute Gasteiger partial charge is 0.01000 e. The van der Waals surface area contributed by atoms with Crippen LogP contribution in [-0.4, -0.2) is 0 Å². The maximum atomic E-state index is 2.44. The molecular weight excluding hydrogens is 228 g/mol. The van der Waals surface area contributed by atoms with E-state index < -0.39 is 0 Å². The largest absolute Gasteiger partial charge is 0.0599 e. The van der Waals surface area contributed by atoms with Gasteiger partial charge in [0, 0.05) is 0 Å². The van der Waals surface area contributed by atoms with Crippen molar-refractivity contribution in [1.29, 1.82) is 0 Å². The third-order valence-electron chi connectivity index (χ3n) is 4.87. The van der Waals surface area contributed by atoms with Gasteiger partial charge in [-0.15, -0.1) is 0 Å². The first-order valence-electron chi connectivity index (χ1n) is 8.23. The van der Waals surface area contributed by atoms with Crippen molar-refractivity contribution in [2.45, 2.75) is 88.0 Å². The van der Waals surface area contributed by atoms with Gasteiger partial charge in [0.2, 0.25) is 0 Å². The molecule has 0 aromatic carbocycles. The minimum Gasteiger partial charge on any atom is -0.0599 e. The number of hydrogen-bond acceptors (Lipinski definition) is 0. The molecule has 1 aliphatic rings. The highest BCUT2D eigenvalue weighted by Crippen LogP contribution is 2.55. The summed E-state index contributed by atoms with van der Waals surface area (Å²) in [4.78, 5) is 0. The topological polar surface area (TPSA) is 0 Å². The van der Waals surface area contributed by atoms with Crippen LogP contribution in [0.3, 0.4) is 0 Å². The maximum Gasteiger partial charge on any atom is -0.01000 e. The Hall–Kier alpha value is 0. The van der Waals surface area contributed by atoms with Gasteiger partial charge >= 0.3 is 0 Å². The van der Waals surface area contributed by atoms with E-state index in [1.807, 2.05) is 0 Å². The molecule has 1 fully saturated rings. The van der Waals surface area contributed by atoms with Crippen LogP contribution in [0, 0.1) is 34.0 Å². The van der Waals surface area contributed by atoms with Crippen molar-refractivity contribution < 1.29 is 0 Å². The minimum atomic E-state index is 0.323. The Balaban J connectivity index is 3.12. The van der Waals surface area contributed by atoms with Crippen molar-refractivity contribution >= 4 is 0 Å². The van der Waals surface area contributed by atoms with Gasteiger partial charge in [0.25, 0.3) is 0 Å². The molecule has 2 atom stereocenters. The van der Waals surface area contributed by atoms with Crippen LogP contribution < -0.4 is 0 Å². The van der Waals surface area contributed by atoms with Crippen LogP contribution in [0.5, 0.6) is 0 Å². The molecule has 0 nitrogen and oxygen atoms in total. The zero-order valence-corrected chi connectivity index (χ0v) is 15.0. The molecule has 0 aromatic heterocycles. The van der Waals surface area contributed by atoms with Gasteiger partial charge in [-0.25, -0.2) is 0 Å². The van der Waals surface area contributed by atoms with Crippen LogP contribution in [0.1, 0.15) is 88.0 Å². The predicted molar refractivity (Wildman–Crippen MR) is 87.1 cm³/mol. The Morgan fingerprint density at radius 1 is 0.684 bits per heavy atom. The molecule has 0 aliphatic heterocycles. The minimum absolute atomic E-state index is 0.323. The normalized spacial score (nSPS) is 26.8. The summed E-state index contributed by atoms with van der Waals surface area (Å²) in [5.41, 5.74) is 1.08. The third-order valence-corrected chi connectivity index (χ3v) is 4.87. The quantitative estimate of drug-likeness (QED) is 0.507. The second-order valence-corrected chi connectivity index (χ2v) is 9.78. The highest BCUT2D eigenvalue weighted by atomic mass is 14.5. The molecule has 0 saturated heterocycles. The molecule has 2 unspecified atom stereocenters. The molecular formula is C19H37. The second kappa shape index (κ2) is 5.41. The predicted octanol–water partition coefficient (Wildman–Crippen LogP) is 6.51. The van der Waals surface area contributed by atoms with Crippen LogP contribution in [0.4, 0.5) is 0 Å². The summed E-state index contributed by atoms with van der Waals surface area (Å²) in [6, 6.07) is 0. The van der Waals surface area contributed by atoms with Gasteiger partial charge in [-0.05, 0) is 46.8 Å². The second-order valence-electron chi connectivity index (χ2n) is 9.78. The maximum absolute atomic E-state index is 2.44. The number of hydrogen-bond donors (Lipinski definition) is 0. The highest BCUT2D eigenvalue weighted by molar-refractivity contribution is 5.15. The Kier molecular flexibility index (Phi) is 4.86. The lowest BCUT2D eigenvalue weighted by molar-refractivity contribution is 0.0663. The summed E-state index contributed by atoms with van der Waals surface area (Å²) in [5.74, 6) is 3.48. The van der Waals surface area contributed by atoms with Gasteiger partial charge in [-0.2, -0.15) is 0 Å². The van der Waals surface area contributed by atoms with E-state index in [1.54, 1.807) is 5.92 Å². The van der Waals surface area contributed by atoms with Crippen molar-refractivity contribution in [2.75, 3.05) is 0 Å². The Morgan fingerprint density at radius 2 is 1.11 bits per heavy atom. The van der Waals surface area contributed by atoms with E-state index in [0.717, 1.165) is 11.8 Å². The molecule has 0 heterocycles. The molecule has 1 rings (SSSR count). The summed E-state index contributed by atoms with van der Waals surface area (Å²) in [7, 11) is 0. The lowest BCUT2D eigenvalue weighted by Crippen LogP contribution is -2.44. The first kappa shape index (κ1) is 17.1. The molecule has 1 saturated carbocycles. The zero-order chi connectivity index (χ0) is 15.1. The van der Waals surface area contributed by atoms with Crippen molar-refractivity contribution in [3.8, 4) is 0 Å². The van der Waals surface area contributed by atoms with Gasteiger partial charge in [-0.3, -0.25) is 0 Å². The van der Waals surface area contributed by atoms with E-state index in [4.69, 9.17) is 0 Å². The van der Waals surface area contributed by atoms with Crippen LogP contribution in [-0.2, 0) is 0 Å². The fourth-order valence-corrected chi connectivity index (χ4v) is 4.75. The molecule has 1 radical (unpaired) electrons. The summed E-state index contributed by atoms with van der Waals surface area (Å²) in [6.45, 7) is 21.8. The lowest BCUT2D eigenvalue weighted by Gasteiger charge is -2.52. The molecule has 0 spiro atoms. The van der Waals surface area contributed by atoms with Crippen molar-refractivity contribution in [3.63, 3.8) is 0 Å². The van der Waals surface area contributed by atoms with Crippen molar-refractivity contribution in [2.24, 2.45) is 28.1 Å². The van der Waals surface area contributed by atoms with Gasteiger partial charge in [0.1, 0.15) is 0 Å². The Bertz CT molecular complexity index is 265. The summed E-state index contributed by atoms with van der Waals surface area (Å²) < 4.78 is 0. The fourth-order valence-electron chi connectivity index (χ4n) is 4.75. The zero-order valence-electron chi connectivity index (χ0n) is 15.0. The van der Waals surface area contributed by atoms with E-state index in [1.165, 1.54) is 25.7 Å². The fraction of sp³-hybridized carbons (Fsp3) is 0.947. The molecule has 0 N–H and O–H groups in total. The molecule has 0 amide bonds. The first-order valence-corrected chi connectivity index (χ1v) is 8.23. The molecule has 113 valence electrons. The number of rotatable bonds is 1. The van der Waals surface area contributed by atoms with Crippen LogP contribution in [0.2, 0.25) is 0 Å². The summed E-state index contributed by atoms with van der Waals surface area (Å²) >= 11 is 0. The van der Waals surface area contributed by atoms with Crippen LogP contribution in [0.25, 0.3) is 0 Å². The molecule has 19 heavy (non-hydrogen) atoms. The van der Waals surface area contributed by atoms with Crippen molar-refractivity contribution in [3.05, 3.63) is 5.92 Å². The van der Waals surface area contributed by atoms with E-state index in [2.05, 4.69) is 62.3 Å². The summed E-state index contributed by atoms with van der Waals surface area (Å²) in [5, 5.41) is 0. The monoisotopic (exact) mass is 265 g/mol. The highest BCUT2D eigenvalue weighted by Gasteiger charge is 2.47. The van der Waals surface area contributed by atoms with Gasteiger partial charge in [-0.1, -0.05) is 75.2 Å². The van der Waals surface area contributed by atoms with Gasteiger partial charge in [0.05, 0.1) is 0 Å². The first-order chi connectivity index (χ1) is 8.35. The van der Waals surface area contributed by atoms with E-state index >= 15 is 0 Å².